The SMILES string of the molecule is Oc1cccc2c1Oc1cc(-c3cccnc3)ccc1C2C1CC2CCC(C1)N2Cc1ccoc1. The van der Waals surface area contributed by atoms with Gasteiger partial charge in [-0.3, -0.25) is 9.88 Å². The van der Waals surface area contributed by atoms with E-state index in [9.17, 15) is 5.11 Å². The number of rotatable bonds is 4. The molecule has 3 unspecified atom stereocenters. The number of hydrogen-bond donors (Lipinski definition) is 1. The Bertz CT molecular complexity index is 1340. The van der Waals surface area contributed by atoms with E-state index in [4.69, 9.17) is 9.15 Å². The van der Waals surface area contributed by atoms with Gasteiger partial charge >= 0.3 is 0 Å². The maximum atomic E-state index is 10.7. The number of benzene rings is 2. The minimum Gasteiger partial charge on any atom is -0.504 e. The summed E-state index contributed by atoms with van der Waals surface area (Å²) in [6.45, 7) is 0.967. The van der Waals surface area contributed by atoms with E-state index in [1.165, 1.54) is 24.0 Å². The predicted molar refractivity (Wildman–Crippen MR) is 133 cm³/mol. The molecule has 5 nitrogen and oxygen atoms in total. The number of para-hydroxylation sites is 1. The Hall–Kier alpha value is -3.57. The quantitative estimate of drug-likeness (QED) is 0.363. The van der Waals surface area contributed by atoms with Crippen molar-refractivity contribution < 1.29 is 14.3 Å². The van der Waals surface area contributed by atoms with E-state index in [0.29, 0.717) is 23.8 Å². The Labute approximate surface area is 205 Å². The van der Waals surface area contributed by atoms with Gasteiger partial charge in [-0.05, 0) is 61.4 Å². The lowest BCUT2D eigenvalue weighted by Crippen LogP contribution is -2.43. The van der Waals surface area contributed by atoms with Gasteiger partial charge in [-0.15, -0.1) is 0 Å². The van der Waals surface area contributed by atoms with Crippen molar-refractivity contribution in [1.82, 2.24) is 9.88 Å². The van der Waals surface area contributed by atoms with Crippen molar-refractivity contribution in [3.63, 3.8) is 0 Å². The Balaban J connectivity index is 1.25. The van der Waals surface area contributed by atoms with Crippen molar-refractivity contribution >= 4 is 0 Å². The van der Waals surface area contributed by atoms with E-state index in [0.717, 1.165) is 41.8 Å². The van der Waals surface area contributed by atoms with E-state index in [1.807, 2.05) is 24.6 Å². The Morgan fingerprint density at radius 3 is 2.60 bits per heavy atom. The molecule has 1 N–H and O–H groups in total. The number of phenolic OH excluding ortho intramolecular Hbond substituents is 1. The maximum absolute atomic E-state index is 10.7. The predicted octanol–water partition coefficient (Wildman–Crippen LogP) is 6.73. The van der Waals surface area contributed by atoms with Gasteiger partial charge in [0.15, 0.2) is 11.5 Å². The molecule has 7 rings (SSSR count). The largest absolute Gasteiger partial charge is 0.504 e. The summed E-state index contributed by atoms with van der Waals surface area (Å²) in [6, 6.07) is 19.6. The minimum atomic E-state index is 0.211. The van der Waals surface area contributed by atoms with Crippen LogP contribution in [0.3, 0.4) is 0 Å². The summed E-state index contributed by atoms with van der Waals surface area (Å²) < 4.78 is 11.7. The molecule has 3 atom stereocenters. The number of fused-ring (bicyclic) bond motifs is 4. The summed E-state index contributed by atoms with van der Waals surface area (Å²) in [4.78, 5) is 6.97. The fourth-order valence-electron chi connectivity index (χ4n) is 6.72. The molecule has 4 aromatic rings. The number of pyridine rings is 1. The monoisotopic (exact) mass is 464 g/mol. The number of nitrogens with zero attached hydrogens (tertiary/aromatic N) is 2. The van der Waals surface area contributed by atoms with Crippen LogP contribution in [-0.2, 0) is 6.54 Å². The van der Waals surface area contributed by atoms with Crippen LogP contribution >= 0.6 is 0 Å². The third kappa shape index (κ3) is 3.53. The molecule has 5 heteroatoms. The van der Waals surface area contributed by atoms with Crippen LogP contribution in [0.5, 0.6) is 17.2 Å². The van der Waals surface area contributed by atoms with Crippen LogP contribution in [0.25, 0.3) is 11.1 Å². The molecular formula is C30H28N2O3. The van der Waals surface area contributed by atoms with Crippen molar-refractivity contribution in [2.24, 2.45) is 5.92 Å². The van der Waals surface area contributed by atoms with E-state index < -0.39 is 0 Å². The molecule has 0 amide bonds. The lowest BCUT2D eigenvalue weighted by molar-refractivity contribution is 0.0886. The normalized spacial score (nSPS) is 25.0. The van der Waals surface area contributed by atoms with Crippen LogP contribution in [0.1, 0.15) is 48.3 Å². The van der Waals surface area contributed by atoms with E-state index in [-0.39, 0.29) is 11.7 Å². The van der Waals surface area contributed by atoms with Crippen molar-refractivity contribution in [3.05, 3.63) is 96.2 Å². The summed E-state index contributed by atoms with van der Waals surface area (Å²) in [5.41, 5.74) is 5.73. The molecule has 3 aliphatic heterocycles. The summed E-state index contributed by atoms with van der Waals surface area (Å²) in [7, 11) is 0. The summed E-state index contributed by atoms with van der Waals surface area (Å²) in [6.07, 6.45) is 12.1. The van der Waals surface area contributed by atoms with Gasteiger partial charge in [0.1, 0.15) is 5.75 Å². The van der Waals surface area contributed by atoms with Crippen molar-refractivity contribution in [2.75, 3.05) is 0 Å². The number of hydrogen-bond acceptors (Lipinski definition) is 5. The van der Waals surface area contributed by atoms with Crippen molar-refractivity contribution in [1.29, 1.82) is 0 Å². The maximum Gasteiger partial charge on any atom is 0.172 e. The average molecular weight is 465 g/mol. The van der Waals surface area contributed by atoms with Crippen LogP contribution in [-0.4, -0.2) is 27.1 Å². The third-order valence-electron chi connectivity index (χ3n) is 8.25. The molecule has 2 fully saturated rings. The lowest BCUT2D eigenvalue weighted by atomic mass is 9.72. The zero-order chi connectivity index (χ0) is 23.4. The number of furan rings is 1. The van der Waals surface area contributed by atoms with Gasteiger partial charge in [-0.25, -0.2) is 0 Å². The second kappa shape index (κ2) is 8.28. The van der Waals surface area contributed by atoms with Crippen molar-refractivity contribution in [3.8, 4) is 28.4 Å². The number of phenols is 1. The van der Waals surface area contributed by atoms with E-state index >= 15 is 0 Å². The summed E-state index contributed by atoms with van der Waals surface area (Å²) >= 11 is 0. The number of ether oxygens (including phenoxy) is 1. The molecule has 2 aromatic heterocycles. The fraction of sp³-hybridized carbons (Fsp3) is 0.300. The molecule has 35 heavy (non-hydrogen) atoms. The highest BCUT2D eigenvalue weighted by Gasteiger charge is 2.45. The zero-order valence-corrected chi connectivity index (χ0v) is 19.5. The van der Waals surface area contributed by atoms with Gasteiger partial charge in [-0.2, -0.15) is 0 Å². The molecule has 0 spiro atoms. The van der Waals surface area contributed by atoms with Crippen LogP contribution < -0.4 is 4.74 Å². The Morgan fingerprint density at radius 1 is 0.943 bits per heavy atom. The first kappa shape index (κ1) is 20.8. The molecule has 5 heterocycles. The first-order chi connectivity index (χ1) is 17.2. The lowest BCUT2D eigenvalue weighted by Gasteiger charge is -2.43. The zero-order valence-electron chi connectivity index (χ0n) is 19.5. The second-order valence-electron chi connectivity index (χ2n) is 10.2. The molecule has 2 bridgehead atoms. The fourth-order valence-corrected chi connectivity index (χ4v) is 6.72. The number of piperidine rings is 1. The Kier molecular flexibility index (Phi) is 4.91. The summed E-state index contributed by atoms with van der Waals surface area (Å²) in [5, 5.41) is 10.7. The minimum absolute atomic E-state index is 0.211. The van der Waals surface area contributed by atoms with Gasteiger partial charge in [0.2, 0.25) is 0 Å². The van der Waals surface area contributed by atoms with E-state index in [2.05, 4.69) is 46.3 Å². The number of aromatic hydroxyl groups is 1. The highest BCUT2D eigenvalue weighted by atomic mass is 16.5. The third-order valence-corrected chi connectivity index (χ3v) is 8.25. The molecule has 2 aromatic carbocycles. The van der Waals surface area contributed by atoms with Gasteiger partial charge in [-0.1, -0.05) is 30.3 Å². The Morgan fingerprint density at radius 2 is 1.83 bits per heavy atom. The van der Waals surface area contributed by atoms with Crippen LogP contribution in [0.4, 0.5) is 0 Å². The molecule has 3 aliphatic rings. The highest BCUT2D eigenvalue weighted by Crippen LogP contribution is 2.55. The highest BCUT2D eigenvalue weighted by molar-refractivity contribution is 5.68. The van der Waals surface area contributed by atoms with E-state index in [1.54, 1.807) is 18.5 Å². The van der Waals surface area contributed by atoms with Gasteiger partial charge in [0.05, 0.1) is 12.5 Å². The van der Waals surface area contributed by atoms with Crippen LogP contribution in [0, 0.1) is 5.92 Å². The first-order valence-corrected chi connectivity index (χ1v) is 12.6. The number of aromatic nitrogens is 1. The molecular weight excluding hydrogens is 436 g/mol. The van der Waals surface area contributed by atoms with Crippen molar-refractivity contribution in [2.45, 2.75) is 50.2 Å². The molecule has 0 radical (unpaired) electrons. The molecule has 2 saturated heterocycles. The standard InChI is InChI=1S/C30H28N2O3/c33-27-5-1-4-26-29(22-13-23-7-8-24(14-22)32(23)17-19-10-12-34-18-19)25-9-6-20(15-28(25)35-30(26)27)21-3-2-11-31-16-21/h1-6,9-12,15-16,18,22-24,29,33H,7-8,13-14,17H2. The summed E-state index contributed by atoms with van der Waals surface area (Å²) in [5.74, 6) is 2.38. The van der Waals surface area contributed by atoms with Gasteiger partial charge in [0, 0.05) is 59.2 Å². The first-order valence-electron chi connectivity index (χ1n) is 12.6. The smallest absolute Gasteiger partial charge is 0.172 e. The average Bonchev–Trinajstić information content (AvgIpc) is 3.48. The topological polar surface area (TPSA) is 58.7 Å². The van der Waals surface area contributed by atoms with Crippen LogP contribution in [0.2, 0.25) is 0 Å². The second-order valence-corrected chi connectivity index (χ2v) is 10.2. The van der Waals surface area contributed by atoms with Crippen LogP contribution in [0.15, 0.2) is 83.9 Å². The molecule has 176 valence electrons. The molecule has 0 saturated carbocycles. The van der Waals surface area contributed by atoms with Gasteiger partial charge < -0.3 is 14.3 Å². The van der Waals surface area contributed by atoms with Gasteiger partial charge in [0.25, 0.3) is 0 Å². The molecule has 0 aliphatic carbocycles.